The number of nitrogens with one attached hydrogen (secondary N) is 1. The van der Waals surface area contributed by atoms with Crippen molar-refractivity contribution in [3.8, 4) is 0 Å². The number of hydrogen-bond acceptors (Lipinski definition) is 1. The highest BCUT2D eigenvalue weighted by molar-refractivity contribution is 6.34. The number of amides is 2. The molecule has 0 saturated heterocycles. The molecule has 2 amide bonds. The number of anilines is 1. The Morgan fingerprint density at radius 2 is 1.95 bits per heavy atom. The van der Waals surface area contributed by atoms with Gasteiger partial charge in [0.2, 0.25) is 0 Å². The topological polar surface area (TPSA) is 32.3 Å². The van der Waals surface area contributed by atoms with E-state index in [0.717, 1.165) is 28.9 Å². The number of carbonyl (C=O) groups excluding carboxylic acids is 1. The minimum Gasteiger partial charge on any atom is -0.340 e. The lowest BCUT2D eigenvalue weighted by Gasteiger charge is -2.20. The van der Waals surface area contributed by atoms with Crippen LogP contribution in [-0.2, 0) is 6.42 Å². The molecule has 4 heteroatoms. The second kappa shape index (κ2) is 6.62. The van der Waals surface area contributed by atoms with Gasteiger partial charge in [0.05, 0.1) is 10.7 Å². The predicted molar refractivity (Wildman–Crippen MR) is 81.8 cm³/mol. The highest BCUT2D eigenvalue weighted by Crippen LogP contribution is 2.40. The third-order valence-electron chi connectivity index (χ3n) is 2.92. The van der Waals surface area contributed by atoms with Gasteiger partial charge in [-0.25, -0.2) is 4.79 Å². The van der Waals surface area contributed by atoms with E-state index in [0.29, 0.717) is 5.02 Å². The van der Waals surface area contributed by atoms with Crippen LogP contribution in [0, 0.1) is 0 Å². The van der Waals surface area contributed by atoms with Crippen LogP contribution in [-0.4, -0.2) is 13.1 Å². The monoisotopic (exact) mass is 280 g/mol. The Morgan fingerprint density at radius 1 is 1.32 bits per heavy atom. The lowest BCUT2D eigenvalue weighted by atomic mass is 10.1. The standard InChI is InChI=1S/C13H15ClN2O.C2H6/c1-8(2)11-7-9-5-4-6-10(14)12(9)16(11)13(17)15-3;1-2/h4-6H,7H2,1-3H3,(H,15,17);1-2H3. The molecule has 0 saturated carbocycles. The summed E-state index contributed by atoms with van der Waals surface area (Å²) in [5.74, 6) is 0. The van der Waals surface area contributed by atoms with E-state index in [1.165, 1.54) is 0 Å². The molecule has 0 spiro atoms. The van der Waals surface area contributed by atoms with E-state index >= 15 is 0 Å². The first-order valence-electron chi connectivity index (χ1n) is 6.52. The van der Waals surface area contributed by atoms with Crippen LogP contribution in [0.1, 0.15) is 33.3 Å². The predicted octanol–water partition coefficient (Wildman–Crippen LogP) is 4.36. The van der Waals surface area contributed by atoms with Gasteiger partial charge in [0, 0.05) is 19.2 Å². The molecule has 104 valence electrons. The molecule has 0 aliphatic carbocycles. The summed E-state index contributed by atoms with van der Waals surface area (Å²) in [7, 11) is 1.62. The Kier molecular flexibility index (Phi) is 5.43. The number of rotatable bonds is 0. The molecular formula is C15H21ClN2O. The maximum atomic E-state index is 12.0. The average Bonchev–Trinajstić information content (AvgIpc) is 2.81. The summed E-state index contributed by atoms with van der Waals surface area (Å²) in [5, 5.41) is 3.27. The number of benzene rings is 1. The van der Waals surface area contributed by atoms with Crippen molar-refractivity contribution < 1.29 is 4.79 Å². The number of para-hydroxylation sites is 1. The highest BCUT2D eigenvalue weighted by atomic mass is 35.5. The molecule has 0 aromatic heterocycles. The SMILES string of the molecule is CC.CNC(=O)N1C(=C(C)C)Cc2cccc(Cl)c21. The van der Waals surface area contributed by atoms with Crippen LogP contribution < -0.4 is 10.2 Å². The van der Waals surface area contributed by atoms with Gasteiger partial charge in [0.15, 0.2) is 0 Å². The summed E-state index contributed by atoms with van der Waals surface area (Å²) in [6.07, 6.45) is 0.756. The molecule has 1 aromatic carbocycles. The molecule has 1 aromatic rings. The summed E-state index contributed by atoms with van der Waals surface area (Å²) >= 11 is 6.19. The zero-order valence-electron chi connectivity index (χ0n) is 12.2. The summed E-state index contributed by atoms with van der Waals surface area (Å²) in [4.78, 5) is 13.6. The van der Waals surface area contributed by atoms with Crippen molar-refractivity contribution in [2.24, 2.45) is 0 Å². The van der Waals surface area contributed by atoms with Gasteiger partial charge < -0.3 is 5.32 Å². The number of allylic oxidation sites excluding steroid dienone is 2. The molecule has 2 rings (SSSR count). The molecule has 3 nitrogen and oxygen atoms in total. The fraction of sp³-hybridized carbons (Fsp3) is 0.400. The zero-order valence-corrected chi connectivity index (χ0v) is 12.9. The van der Waals surface area contributed by atoms with Crippen LogP contribution >= 0.6 is 11.6 Å². The van der Waals surface area contributed by atoms with Gasteiger partial charge in [-0.2, -0.15) is 0 Å². The average molecular weight is 281 g/mol. The largest absolute Gasteiger partial charge is 0.340 e. The normalized spacial score (nSPS) is 12.5. The Morgan fingerprint density at radius 3 is 2.47 bits per heavy atom. The summed E-state index contributed by atoms with van der Waals surface area (Å²) in [6.45, 7) is 8.01. The summed E-state index contributed by atoms with van der Waals surface area (Å²) in [5.41, 5.74) is 4.04. The highest BCUT2D eigenvalue weighted by Gasteiger charge is 2.31. The first-order valence-corrected chi connectivity index (χ1v) is 6.89. The van der Waals surface area contributed by atoms with E-state index in [2.05, 4.69) is 5.32 Å². The fourth-order valence-electron chi connectivity index (χ4n) is 2.08. The Hall–Kier alpha value is -1.48. The van der Waals surface area contributed by atoms with Crippen LogP contribution in [0.15, 0.2) is 29.5 Å². The molecule has 1 N–H and O–H groups in total. The minimum absolute atomic E-state index is 0.145. The molecule has 1 aliphatic heterocycles. The number of carbonyl (C=O) groups is 1. The van der Waals surface area contributed by atoms with Crippen molar-refractivity contribution in [1.29, 1.82) is 0 Å². The van der Waals surface area contributed by atoms with Crippen LogP contribution in [0.25, 0.3) is 0 Å². The van der Waals surface area contributed by atoms with Gasteiger partial charge in [-0.3, -0.25) is 4.90 Å². The molecule has 0 radical (unpaired) electrons. The quantitative estimate of drug-likeness (QED) is 0.752. The minimum atomic E-state index is -0.145. The van der Waals surface area contributed by atoms with Gasteiger partial charge in [-0.1, -0.05) is 43.2 Å². The summed E-state index contributed by atoms with van der Waals surface area (Å²) in [6, 6.07) is 5.59. The van der Waals surface area contributed by atoms with Crippen molar-refractivity contribution in [3.05, 3.63) is 40.1 Å². The molecular weight excluding hydrogens is 260 g/mol. The van der Waals surface area contributed by atoms with E-state index in [1.807, 2.05) is 45.9 Å². The van der Waals surface area contributed by atoms with Gasteiger partial charge in [-0.05, 0) is 25.5 Å². The molecule has 1 heterocycles. The summed E-state index contributed by atoms with van der Waals surface area (Å²) < 4.78 is 0. The van der Waals surface area contributed by atoms with E-state index in [4.69, 9.17) is 11.6 Å². The lowest BCUT2D eigenvalue weighted by molar-refractivity contribution is 0.250. The third-order valence-corrected chi connectivity index (χ3v) is 3.22. The van der Waals surface area contributed by atoms with Crippen molar-refractivity contribution >= 4 is 23.3 Å². The Balaban J connectivity index is 0.000000861. The van der Waals surface area contributed by atoms with E-state index in [-0.39, 0.29) is 6.03 Å². The van der Waals surface area contributed by atoms with Gasteiger partial charge in [0.1, 0.15) is 0 Å². The Labute approximate surface area is 120 Å². The number of urea groups is 1. The van der Waals surface area contributed by atoms with E-state index < -0.39 is 0 Å². The number of fused-ring (bicyclic) bond motifs is 1. The zero-order chi connectivity index (χ0) is 14.6. The van der Waals surface area contributed by atoms with Crippen LogP contribution in [0.5, 0.6) is 0 Å². The second-order valence-electron chi connectivity index (χ2n) is 4.26. The molecule has 0 atom stereocenters. The fourth-order valence-corrected chi connectivity index (χ4v) is 2.36. The molecule has 0 bridgehead atoms. The number of nitrogens with zero attached hydrogens (tertiary/aromatic N) is 1. The molecule has 19 heavy (non-hydrogen) atoms. The van der Waals surface area contributed by atoms with Crippen LogP contribution in [0.2, 0.25) is 5.02 Å². The van der Waals surface area contributed by atoms with Crippen molar-refractivity contribution in [2.75, 3.05) is 11.9 Å². The van der Waals surface area contributed by atoms with Crippen molar-refractivity contribution in [1.82, 2.24) is 5.32 Å². The third kappa shape index (κ3) is 2.92. The van der Waals surface area contributed by atoms with Gasteiger partial charge >= 0.3 is 6.03 Å². The molecule has 0 unspecified atom stereocenters. The van der Waals surface area contributed by atoms with Crippen molar-refractivity contribution in [2.45, 2.75) is 34.1 Å². The maximum absolute atomic E-state index is 12.0. The lowest BCUT2D eigenvalue weighted by Crippen LogP contribution is -2.36. The maximum Gasteiger partial charge on any atom is 0.326 e. The van der Waals surface area contributed by atoms with Gasteiger partial charge in [0.25, 0.3) is 0 Å². The Bertz CT molecular complexity index is 505. The second-order valence-corrected chi connectivity index (χ2v) is 4.67. The molecule has 1 aliphatic rings. The van der Waals surface area contributed by atoms with E-state index in [9.17, 15) is 4.79 Å². The molecule has 0 fully saturated rings. The smallest absolute Gasteiger partial charge is 0.326 e. The number of hydrogen-bond donors (Lipinski definition) is 1. The first-order chi connectivity index (χ1) is 9.06. The van der Waals surface area contributed by atoms with Crippen LogP contribution in [0.4, 0.5) is 10.5 Å². The van der Waals surface area contributed by atoms with Gasteiger partial charge in [-0.15, -0.1) is 0 Å². The van der Waals surface area contributed by atoms with Crippen molar-refractivity contribution in [3.63, 3.8) is 0 Å². The number of halogens is 1. The van der Waals surface area contributed by atoms with Crippen LogP contribution in [0.3, 0.4) is 0 Å². The first kappa shape index (κ1) is 15.6. The van der Waals surface area contributed by atoms with E-state index in [1.54, 1.807) is 11.9 Å².